The molecule has 2 aromatic heterocycles. The Bertz CT molecular complexity index is 1020. The molecule has 3 aromatic rings. The van der Waals surface area contributed by atoms with Crippen molar-refractivity contribution in [3.05, 3.63) is 46.9 Å². The Kier molecular flexibility index (Phi) is 3.76. The summed E-state index contributed by atoms with van der Waals surface area (Å²) in [5, 5.41) is 10.4. The lowest BCUT2D eigenvalue weighted by Gasteiger charge is -2.21. The molecular formula is C17H16F4N6. The molecule has 0 amide bonds. The van der Waals surface area contributed by atoms with Gasteiger partial charge in [0.2, 0.25) is 5.95 Å². The third-order valence-electron chi connectivity index (χ3n) is 4.61. The number of alkyl halides is 3. The van der Waals surface area contributed by atoms with Gasteiger partial charge in [-0.1, -0.05) is 6.07 Å². The summed E-state index contributed by atoms with van der Waals surface area (Å²) < 4.78 is 54.0. The first kappa shape index (κ1) is 17.5. The molecule has 0 unspecified atom stereocenters. The third kappa shape index (κ3) is 3.04. The van der Waals surface area contributed by atoms with E-state index in [0.717, 1.165) is 12.1 Å². The summed E-state index contributed by atoms with van der Waals surface area (Å²) >= 11 is 0. The van der Waals surface area contributed by atoms with Crippen LogP contribution in [0.3, 0.4) is 0 Å². The van der Waals surface area contributed by atoms with Crippen LogP contribution in [0.5, 0.6) is 0 Å². The third-order valence-corrected chi connectivity index (χ3v) is 4.61. The Morgan fingerprint density at radius 3 is 2.48 bits per heavy atom. The molecule has 0 aliphatic heterocycles. The van der Waals surface area contributed by atoms with Gasteiger partial charge in [-0.2, -0.15) is 22.7 Å². The van der Waals surface area contributed by atoms with E-state index < -0.39 is 23.1 Å². The van der Waals surface area contributed by atoms with E-state index in [0.29, 0.717) is 41.6 Å². The van der Waals surface area contributed by atoms with Crippen LogP contribution >= 0.6 is 0 Å². The molecule has 0 saturated heterocycles. The van der Waals surface area contributed by atoms with Crippen LogP contribution in [-0.2, 0) is 11.7 Å². The largest absolute Gasteiger partial charge is 0.419 e. The van der Waals surface area contributed by atoms with Gasteiger partial charge in [-0.3, -0.25) is 0 Å². The molecular weight excluding hydrogens is 364 g/mol. The van der Waals surface area contributed by atoms with Gasteiger partial charge in [-0.05, 0) is 37.5 Å². The van der Waals surface area contributed by atoms with Gasteiger partial charge in [-0.25, -0.2) is 9.37 Å². The molecule has 10 heteroatoms. The Labute approximate surface area is 151 Å². The summed E-state index contributed by atoms with van der Waals surface area (Å²) in [4.78, 5) is 8.54. The normalized spacial score (nSPS) is 15.8. The predicted octanol–water partition coefficient (Wildman–Crippen LogP) is 3.73. The number of anilines is 2. The highest BCUT2D eigenvalue weighted by Crippen LogP contribution is 2.49. The zero-order valence-electron chi connectivity index (χ0n) is 14.5. The summed E-state index contributed by atoms with van der Waals surface area (Å²) in [6, 6.07) is 4.82. The van der Waals surface area contributed by atoms with Crippen molar-refractivity contribution in [2.24, 2.45) is 0 Å². The fraction of sp³-hybridized carbons (Fsp3) is 0.353. The second-order valence-electron chi connectivity index (χ2n) is 6.58. The highest BCUT2D eigenvalue weighted by molar-refractivity contribution is 5.53. The standard InChI is InChI=1S/C17H16F4N6/c1-9-7-13(27-15(23-9)24-14(22-2)26-27)25-16(5-6-16)10-3-4-11(12(18)8-10)17(19,20)21/h3-4,7-8,25H,5-6H2,1-2H3,(H,22,26). The molecule has 6 nitrogen and oxygen atoms in total. The van der Waals surface area contributed by atoms with E-state index >= 15 is 0 Å². The van der Waals surface area contributed by atoms with Gasteiger partial charge >= 0.3 is 6.18 Å². The topological polar surface area (TPSA) is 67.1 Å². The van der Waals surface area contributed by atoms with Gasteiger partial charge in [0.1, 0.15) is 11.6 Å². The van der Waals surface area contributed by atoms with E-state index in [-0.39, 0.29) is 0 Å². The molecule has 1 saturated carbocycles. The summed E-state index contributed by atoms with van der Waals surface area (Å²) in [5.74, 6) is 0.0875. The molecule has 1 fully saturated rings. The van der Waals surface area contributed by atoms with E-state index in [9.17, 15) is 17.6 Å². The molecule has 142 valence electrons. The quantitative estimate of drug-likeness (QED) is 0.675. The fourth-order valence-corrected chi connectivity index (χ4v) is 3.08. The van der Waals surface area contributed by atoms with Gasteiger partial charge in [0.05, 0.1) is 11.1 Å². The fourth-order valence-electron chi connectivity index (χ4n) is 3.08. The van der Waals surface area contributed by atoms with E-state index in [1.807, 2.05) is 0 Å². The van der Waals surface area contributed by atoms with Crippen LogP contribution < -0.4 is 10.6 Å². The number of nitrogens with zero attached hydrogens (tertiary/aromatic N) is 4. The van der Waals surface area contributed by atoms with E-state index in [1.165, 1.54) is 10.6 Å². The molecule has 2 heterocycles. The molecule has 0 spiro atoms. The highest BCUT2D eigenvalue weighted by Gasteiger charge is 2.46. The van der Waals surface area contributed by atoms with Crippen LogP contribution in [0.4, 0.5) is 29.3 Å². The first-order chi connectivity index (χ1) is 12.7. The van der Waals surface area contributed by atoms with Gasteiger partial charge in [0.25, 0.3) is 5.78 Å². The maximum Gasteiger partial charge on any atom is 0.419 e. The molecule has 1 aliphatic carbocycles. The van der Waals surface area contributed by atoms with Crippen molar-refractivity contribution in [3.63, 3.8) is 0 Å². The molecule has 4 rings (SSSR count). The lowest BCUT2D eigenvalue weighted by Crippen LogP contribution is -2.22. The Hall–Kier alpha value is -2.91. The Morgan fingerprint density at radius 1 is 1.15 bits per heavy atom. The minimum atomic E-state index is -4.72. The molecule has 27 heavy (non-hydrogen) atoms. The Morgan fingerprint density at radius 2 is 1.89 bits per heavy atom. The Balaban J connectivity index is 1.72. The minimum absolute atomic E-state index is 0.385. The van der Waals surface area contributed by atoms with Crippen LogP contribution in [0, 0.1) is 12.7 Å². The number of benzene rings is 1. The number of aromatic nitrogens is 4. The number of hydrogen-bond acceptors (Lipinski definition) is 5. The zero-order valence-corrected chi connectivity index (χ0v) is 14.5. The number of fused-ring (bicyclic) bond motifs is 1. The van der Waals surface area contributed by atoms with Crippen molar-refractivity contribution in [3.8, 4) is 0 Å². The summed E-state index contributed by atoms with van der Waals surface area (Å²) in [5.41, 5.74) is -0.740. The van der Waals surface area contributed by atoms with Crippen LogP contribution in [0.15, 0.2) is 24.3 Å². The average molecular weight is 380 g/mol. The predicted molar refractivity (Wildman–Crippen MR) is 91.0 cm³/mol. The SMILES string of the molecule is CNc1nc2nc(C)cc(NC3(c4ccc(C(F)(F)F)c(F)c4)CC3)n2n1. The van der Waals surface area contributed by atoms with Gasteiger partial charge in [0, 0.05) is 18.8 Å². The van der Waals surface area contributed by atoms with Crippen LogP contribution in [-0.4, -0.2) is 26.6 Å². The molecule has 0 atom stereocenters. The van der Waals surface area contributed by atoms with Gasteiger partial charge < -0.3 is 10.6 Å². The first-order valence-electron chi connectivity index (χ1n) is 8.29. The summed E-state index contributed by atoms with van der Waals surface area (Å²) in [6.45, 7) is 1.80. The minimum Gasteiger partial charge on any atom is -0.360 e. The van der Waals surface area contributed by atoms with E-state index in [2.05, 4.69) is 25.7 Å². The molecule has 2 N–H and O–H groups in total. The van der Waals surface area contributed by atoms with Crippen molar-refractivity contribution in [2.45, 2.75) is 31.5 Å². The van der Waals surface area contributed by atoms with E-state index in [4.69, 9.17) is 0 Å². The van der Waals surface area contributed by atoms with Crippen LogP contribution in [0.25, 0.3) is 5.78 Å². The van der Waals surface area contributed by atoms with E-state index in [1.54, 1.807) is 20.0 Å². The monoisotopic (exact) mass is 380 g/mol. The maximum absolute atomic E-state index is 14.0. The van der Waals surface area contributed by atoms with Crippen molar-refractivity contribution in [1.82, 2.24) is 19.6 Å². The molecule has 0 bridgehead atoms. The highest BCUT2D eigenvalue weighted by atomic mass is 19.4. The van der Waals surface area contributed by atoms with Gasteiger partial charge in [-0.15, -0.1) is 5.10 Å². The van der Waals surface area contributed by atoms with Crippen LogP contribution in [0.2, 0.25) is 0 Å². The van der Waals surface area contributed by atoms with Crippen molar-refractivity contribution < 1.29 is 17.6 Å². The lowest BCUT2D eigenvalue weighted by atomic mass is 10.0. The zero-order chi connectivity index (χ0) is 19.4. The van der Waals surface area contributed by atoms with Crippen molar-refractivity contribution in [1.29, 1.82) is 0 Å². The number of halogens is 4. The first-order valence-corrected chi connectivity index (χ1v) is 8.29. The van der Waals surface area contributed by atoms with Crippen LogP contribution in [0.1, 0.15) is 29.7 Å². The second kappa shape index (κ2) is 5.80. The summed E-state index contributed by atoms with van der Waals surface area (Å²) in [7, 11) is 1.68. The van der Waals surface area contributed by atoms with Crippen molar-refractivity contribution in [2.75, 3.05) is 17.7 Å². The average Bonchev–Trinajstić information content (AvgIpc) is 3.24. The van der Waals surface area contributed by atoms with Crippen molar-refractivity contribution >= 4 is 17.5 Å². The van der Waals surface area contributed by atoms with Gasteiger partial charge in [0.15, 0.2) is 0 Å². The summed E-state index contributed by atoms with van der Waals surface area (Å²) in [6.07, 6.45) is -3.39. The number of aryl methyl sites for hydroxylation is 1. The maximum atomic E-state index is 14.0. The number of rotatable bonds is 4. The molecule has 1 aromatic carbocycles. The molecule has 1 aliphatic rings. The number of hydrogen-bond donors (Lipinski definition) is 2. The second-order valence-corrected chi connectivity index (χ2v) is 6.58. The number of nitrogens with one attached hydrogen (secondary N) is 2. The molecule has 0 radical (unpaired) electrons. The smallest absolute Gasteiger partial charge is 0.360 e. The lowest BCUT2D eigenvalue weighted by molar-refractivity contribution is -0.140.